The van der Waals surface area contributed by atoms with Gasteiger partial charge in [-0.25, -0.2) is 0 Å². The van der Waals surface area contributed by atoms with E-state index in [1.54, 1.807) is 12.5 Å². The minimum Gasteiger partial charge on any atom is -0.469 e. The summed E-state index contributed by atoms with van der Waals surface area (Å²) in [6.45, 7) is 0.624. The van der Waals surface area contributed by atoms with Gasteiger partial charge in [-0.3, -0.25) is 10.3 Å². The lowest BCUT2D eigenvalue weighted by Crippen LogP contribution is -2.23. The summed E-state index contributed by atoms with van der Waals surface area (Å²) >= 11 is 4.40. The van der Waals surface area contributed by atoms with Gasteiger partial charge in [0.15, 0.2) is 0 Å². The van der Waals surface area contributed by atoms with Crippen molar-refractivity contribution in [2.24, 2.45) is 0 Å². The maximum absolute atomic E-state index is 10.3. The number of aromatic nitrogens is 1. The Bertz CT molecular complexity index is 728. The summed E-state index contributed by atoms with van der Waals surface area (Å²) in [5, 5.41) is 14.3. The van der Waals surface area contributed by atoms with Crippen LogP contribution in [0.3, 0.4) is 0 Å². The highest BCUT2D eigenvalue weighted by atomic mass is 32.1. The molecule has 1 unspecified atom stereocenters. The molecule has 2 N–H and O–H groups in total. The van der Waals surface area contributed by atoms with Crippen molar-refractivity contribution in [3.8, 4) is 0 Å². The zero-order valence-electron chi connectivity index (χ0n) is 11.4. The molecule has 108 valence electrons. The molecule has 0 aliphatic carbocycles. The Morgan fingerprint density at radius 1 is 1.24 bits per heavy atom. The molecule has 0 spiro atoms. The van der Waals surface area contributed by atoms with Gasteiger partial charge in [0.05, 0.1) is 11.8 Å². The summed E-state index contributed by atoms with van der Waals surface area (Å²) in [6, 6.07) is 11.3. The van der Waals surface area contributed by atoms with Crippen molar-refractivity contribution < 1.29 is 9.52 Å². The first kappa shape index (κ1) is 14.1. The zero-order chi connectivity index (χ0) is 14.7. The molecule has 0 saturated carbocycles. The summed E-state index contributed by atoms with van der Waals surface area (Å²) in [5.41, 5.74) is 1.60. The number of hydrogen-bond donors (Lipinski definition) is 3. The van der Waals surface area contributed by atoms with Crippen molar-refractivity contribution >= 4 is 23.5 Å². The first-order valence-electron chi connectivity index (χ1n) is 6.76. The molecular weight excluding hydrogens is 284 g/mol. The molecule has 1 atom stereocenters. The highest BCUT2D eigenvalue weighted by molar-refractivity contribution is 7.80. The van der Waals surface area contributed by atoms with Crippen LogP contribution in [0.5, 0.6) is 0 Å². The topological polar surface area (TPSA) is 58.3 Å². The number of hydrogen-bond acceptors (Lipinski definition) is 5. The number of nitrogens with one attached hydrogen (secondary N) is 1. The maximum atomic E-state index is 10.3. The Kier molecular flexibility index (Phi) is 4.24. The monoisotopic (exact) mass is 300 g/mol. The van der Waals surface area contributed by atoms with Crippen molar-refractivity contribution in [3.05, 3.63) is 60.2 Å². The van der Waals surface area contributed by atoms with Gasteiger partial charge in [-0.1, -0.05) is 12.1 Å². The fraction of sp³-hybridized carbons (Fsp3) is 0.188. The van der Waals surface area contributed by atoms with E-state index >= 15 is 0 Å². The van der Waals surface area contributed by atoms with E-state index in [0.29, 0.717) is 6.54 Å². The number of furan rings is 1. The molecule has 0 saturated heterocycles. The van der Waals surface area contributed by atoms with Gasteiger partial charge >= 0.3 is 0 Å². The molecule has 5 heteroatoms. The van der Waals surface area contributed by atoms with Crippen LogP contribution < -0.4 is 5.32 Å². The van der Waals surface area contributed by atoms with Crippen LogP contribution in [-0.2, 0) is 6.42 Å². The lowest BCUT2D eigenvalue weighted by molar-refractivity contribution is 0.141. The molecule has 0 radical (unpaired) electrons. The number of nitrogens with zero attached hydrogens (tertiary/aromatic N) is 1. The SMILES string of the molecule is OC(NCCc1ccco1)c1ccnc2c(S)cccc12. The number of fused-ring (bicyclic) bond motifs is 1. The minimum absolute atomic E-state index is 0.624. The van der Waals surface area contributed by atoms with Crippen molar-refractivity contribution in [1.82, 2.24) is 10.3 Å². The van der Waals surface area contributed by atoms with Crippen LogP contribution in [-0.4, -0.2) is 16.6 Å². The fourth-order valence-corrected chi connectivity index (χ4v) is 2.58. The Morgan fingerprint density at radius 2 is 2.14 bits per heavy atom. The van der Waals surface area contributed by atoms with Crippen LogP contribution in [0.1, 0.15) is 17.6 Å². The first-order chi connectivity index (χ1) is 10.3. The summed E-state index contributed by atoms with van der Waals surface area (Å²) in [6.07, 6.45) is 3.32. The van der Waals surface area contributed by atoms with E-state index in [-0.39, 0.29) is 0 Å². The molecule has 4 nitrogen and oxygen atoms in total. The first-order valence-corrected chi connectivity index (χ1v) is 7.21. The summed E-state index contributed by atoms with van der Waals surface area (Å²) < 4.78 is 5.27. The van der Waals surface area contributed by atoms with E-state index in [1.165, 1.54) is 0 Å². The van der Waals surface area contributed by atoms with Gasteiger partial charge in [0, 0.05) is 35.0 Å². The molecule has 0 amide bonds. The Balaban J connectivity index is 1.75. The van der Waals surface area contributed by atoms with Crippen molar-refractivity contribution in [3.63, 3.8) is 0 Å². The molecule has 1 aromatic carbocycles. The molecule has 2 heterocycles. The average Bonchev–Trinajstić information content (AvgIpc) is 3.00. The normalized spacial score (nSPS) is 12.7. The number of thiol groups is 1. The lowest BCUT2D eigenvalue weighted by Gasteiger charge is -2.15. The second-order valence-corrected chi connectivity index (χ2v) is 5.24. The summed E-state index contributed by atoms with van der Waals surface area (Å²) in [4.78, 5) is 5.12. The number of aliphatic hydroxyl groups is 1. The van der Waals surface area contributed by atoms with E-state index < -0.39 is 6.23 Å². The number of rotatable bonds is 5. The third-order valence-electron chi connectivity index (χ3n) is 3.37. The summed E-state index contributed by atoms with van der Waals surface area (Å²) in [7, 11) is 0. The molecule has 3 rings (SSSR count). The summed E-state index contributed by atoms with van der Waals surface area (Å²) in [5.74, 6) is 0.895. The van der Waals surface area contributed by atoms with Crippen LogP contribution in [0.25, 0.3) is 10.9 Å². The van der Waals surface area contributed by atoms with Crippen molar-refractivity contribution in [1.29, 1.82) is 0 Å². The van der Waals surface area contributed by atoms with E-state index in [2.05, 4.69) is 22.9 Å². The van der Waals surface area contributed by atoms with Crippen molar-refractivity contribution in [2.45, 2.75) is 17.5 Å². The highest BCUT2D eigenvalue weighted by Crippen LogP contribution is 2.25. The smallest absolute Gasteiger partial charge is 0.131 e. The highest BCUT2D eigenvalue weighted by Gasteiger charge is 2.12. The van der Waals surface area contributed by atoms with Crippen molar-refractivity contribution in [2.75, 3.05) is 6.54 Å². The zero-order valence-corrected chi connectivity index (χ0v) is 12.3. The molecular formula is C16H16N2O2S. The fourth-order valence-electron chi connectivity index (χ4n) is 2.32. The van der Waals surface area contributed by atoms with Crippen LogP contribution >= 0.6 is 12.6 Å². The van der Waals surface area contributed by atoms with Crippen LogP contribution in [0, 0.1) is 0 Å². The van der Waals surface area contributed by atoms with E-state index in [9.17, 15) is 5.11 Å². The Morgan fingerprint density at radius 3 is 2.95 bits per heavy atom. The molecule has 3 aromatic rings. The number of aliphatic hydroxyl groups excluding tert-OH is 1. The van der Waals surface area contributed by atoms with Gasteiger partial charge < -0.3 is 9.52 Å². The Hall–Kier alpha value is -1.82. The van der Waals surface area contributed by atoms with Crippen LogP contribution in [0.15, 0.2) is 58.2 Å². The Labute approximate surface area is 128 Å². The molecule has 0 aliphatic rings. The molecule has 0 bridgehead atoms. The standard InChI is InChI=1S/C16H16N2O2S/c19-16(18-8-6-11-3-2-10-20-11)13-7-9-17-15-12(13)4-1-5-14(15)21/h1-5,7,9-10,16,18-19,21H,6,8H2. The number of para-hydroxylation sites is 1. The lowest BCUT2D eigenvalue weighted by atomic mass is 10.1. The number of benzene rings is 1. The second-order valence-electron chi connectivity index (χ2n) is 4.76. The van der Waals surface area contributed by atoms with Gasteiger partial charge in [0.1, 0.15) is 12.0 Å². The van der Waals surface area contributed by atoms with Gasteiger partial charge in [0.25, 0.3) is 0 Å². The number of pyridine rings is 1. The second kappa shape index (κ2) is 6.30. The van der Waals surface area contributed by atoms with Gasteiger partial charge in [0.2, 0.25) is 0 Å². The average molecular weight is 300 g/mol. The van der Waals surface area contributed by atoms with Crippen LogP contribution in [0.2, 0.25) is 0 Å². The van der Waals surface area contributed by atoms with Gasteiger partial charge in [-0.15, -0.1) is 12.6 Å². The molecule has 2 aromatic heterocycles. The van der Waals surface area contributed by atoms with E-state index in [4.69, 9.17) is 4.42 Å². The maximum Gasteiger partial charge on any atom is 0.131 e. The van der Waals surface area contributed by atoms with E-state index in [0.717, 1.165) is 33.5 Å². The predicted octanol–water partition coefficient (Wildman–Crippen LogP) is 2.94. The third kappa shape index (κ3) is 3.10. The van der Waals surface area contributed by atoms with Gasteiger partial charge in [-0.05, 0) is 24.3 Å². The molecule has 0 fully saturated rings. The van der Waals surface area contributed by atoms with E-state index in [1.807, 2.05) is 36.4 Å². The minimum atomic E-state index is -0.749. The molecule has 21 heavy (non-hydrogen) atoms. The largest absolute Gasteiger partial charge is 0.469 e. The molecule has 0 aliphatic heterocycles. The third-order valence-corrected chi connectivity index (χ3v) is 3.73. The van der Waals surface area contributed by atoms with Crippen LogP contribution in [0.4, 0.5) is 0 Å². The predicted molar refractivity (Wildman–Crippen MR) is 84.4 cm³/mol. The van der Waals surface area contributed by atoms with Gasteiger partial charge in [-0.2, -0.15) is 0 Å². The quantitative estimate of drug-likeness (QED) is 0.501.